The third-order valence-electron chi connectivity index (χ3n) is 4.77. The van der Waals surface area contributed by atoms with Crippen molar-refractivity contribution in [2.45, 2.75) is 70.4 Å². The maximum Gasteiger partial charge on any atom is 0.0249 e. The molecule has 1 atom stereocenters. The summed E-state index contributed by atoms with van der Waals surface area (Å²) in [5.74, 6) is 0.894. The molecule has 0 aromatic rings. The van der Waals surface area contributed by atoms with Crippen LogP contribution in [-0.4, -0.2) is 30.1 Å². The highest BCUT2D eigenvalue weighted by molar-refractivity contribution is 4.88. The Hall–Kier alpha value is -0.0800. The van der Waals surface area contributed by atoms with Gasteiger partial charge in [-0.2, -0.15) is 0 Å². The van der Waals surface area contributed by atoms with Gasteiger partial charge >= 0.3 is 0 Å². The first-order valence-corrected chi connectivity index (χ1v) is 7.32. The average Bonchev–Trinajstić information content (AvgIpc) is 2.97. The van der Waals surface area contributed by atoms with Crippen LogP contribution in [0.4, 0.5) is 0 Å². The molecule has 0 aliphatic heterocycles. The molecule has 2 heteroatoms. The van der Waals surface area contributed by atoms with Crippen LogP contribution in [0, 0.1) is 5.92 Å². The number of likely N-dealkylation sites (N-methyl/N-ethyl adjacent to an activating group) is 1. The van der Waals surface area contributed by atoms with Crippen LogP contribution in [0.1, 0.15) is 58.3 Å². The zero-order valence-electron chi connectivity index (χ0n) is 10.8. The molecular weight excluding hydrogens is 196 g/mol. The highest BCUT2D eigenvalue weighted by atomic mass is 15.2. The largest absolute Gasteiger partial charge is 0.329 e. The van der Waals surface area contributed by atoms with E-state index in [0.29, 0.717) is 6.04 Å². The average molecular weight is 224 g/mol. The Labute approximate surface area is 101 Å². The van der Waals surface area contributed by atoms with E-state index in [4.69, 9.17) is 5.73 Å². The lowest BCUT2D eigenvalue weighted by Gasteiger charge is -2.38. The second kappa shape index (κ2) is 6.02. The van der Waals surface area contributed by atoms with Crippen molar-refractivity contribution in [3.05, 3.63) is 0 Å². The molecular formula is C14H28N2. The van der Waals surface area contributed by atoms with E-state index in [1.165, 1.54) is 57.9 Å². The molecule has 1 unspecified atom stereocenters. The van der Waals surface area contributed by atoms with Crippen molar-refractivity contribution in [2.75, 3.05) is 13.1 Å². The molecule has 0 aromatic heterocycles. The second-order valence-corrected chi connectivity index (χ2v) is 5.62. The van der Waals surface area contributed by atoms with Crippen molar-refractivity contribution in [3.63, 3.8) is 0 Å². The minimum Gasteiger partial charge on any atom is -0.329 e. The molecule has 2 rings (SSSR count). The van der Waals surface area contributed by atoms with E-state index in [2.05, 4.69) is 11.8 Å². The highest BCUT2D eigenvalue weighted by Gasteiger charge is 2.32. The van der Waals surface area contributed by atoms with Gasteiger partial charge in [0.05, 0.1) is 0 Å². The number of hydrogen-bond donors (Lipinski definition) is 1. The van der Waals surface area contributed by atoms with Gasteiger partial charge in [-0.25, -0.2) is 0 Å². The summed E-state index contributed by atoms with van der Waals surface area (Å²) >= 11 is 0. The van der Waals surface area contributed by atoms with Gasteiger partial charge in [-0.1, -0.05) is 32.6 Å². The van der Waals surface area contributed by atoms with Gasteiger partial charge in [0.15, 0.2) is 0 Å². The van der Waals surface area contributed by atoms with Crippen LogP contribution in [-0.2, 0) is 0 Å². The van der Waals surface area contributed by atoms with Gasteiger partial charge in [0.2, 0.25) is 0 Å². The number of hydrogen-bond acceptors (Lipinski definition) is 2. The minimum absolute atomic E-state index is 0.676. The predicted octanol–water partition coefficient (Wildman–Crippen LogP) is 2.77. The summed E-state index contributed by atoms with van der Waals surface area (Å²) in [6.07, 6.45) is 11.4. The summed E-state index contributed by atoms with van der Waals surface area (Å²) in [6.45, 7) is 4.38. The maximum absolute atomic E-state index is 6.06. The molecule has 0 spiro atoms. The van der Waals surface area contributed by atoms with Crippen molar-refractivity contribution < 1.29 is 0 Å². The first-order valence-electron chi connectivity index (χ1n) is 7.32. The van der Waals surface area contributed by atoms with Crippen molar-refractivity contribution in [1.29, 1.82) is 0 Å². The summed E-state index contributed by atoms with van der Waals surface area (Å²) < 4.78 is 0. The fourth-order valence-corrected chi connectivity index (χ4v) is 3.94. The van der Waals surface area contributed by atoms with Crippen molar-refractivity contribution >= 4 is 0 Å². The minimum atomic E-state index is 0.676. The molecule has 0 amide bonds. The number of nitrogens with zero attached hydrogens (tertiary/aromatic N) is 1. The smallest absolute Gasteiger partial charge is 0.0249 e. The first-order chi connectivity index (χ1) is 7.86. The van der Waals surface area contributed by atoms with E-state index >= 15 is 0 Å². The normalized spacial score (nSPS) is 25.7. The van der Waals surface area contributed by atoms with E-state index in [-0.39, 0.29) is 0 Å². The van der Waals surface area contributed by atoms with Gasteiger partial charge in [-0.05, 0) is 38.1 Å². The molecule has 0 heterocycles. The molecule has 16 heavy (non-hydrogen) atoms. The zero-order chi connectivity index (χ0) is 11.4. The SMILES string of the molecule is CCN(C1CCCC1)C(CN)C1CCCC1. The van der Waals surface area contributed by atoms with Crippen LogP contribution in [0.15, 0.2) is 0 Å². The van der Waals surface area contributed by atoms with Crippen LogP contribution in [0.25, 0.3) is 0 Å². The summed E-state index contributed by atoms with van der Waals surface area (Å²) in [4.78, 5) is 2.74. The molecule has 0 aromatic carbocycles. The summed E-state index contributed by atoms with van der Waals surface area (Å²) in [5.41, 5.74) is 6.06. The van der Waals surface area contributed by atoms with Crippen LogP contribution < -0.4 is 5.73 Å². The fourth-order valence-electron chi connectivity index (χ4n) is 3.94. The Bertz CT molecular complexity index is 171. The molecule has 2 saturated carbocycles. The summed E-state index contributed by atoms with van der Waals surface area (Å²) in [7, 11) is 0. The highest BCUT2D eigenvalue weighted by Crippen LogP contribution is 2.33. The van der Waals surface area contributed by atoms with Gasteiger partial charge in [-0.3, -0.25) is 4.90 Å². The van der Waals surface area contributed by atoms with Gasteiger partial charge < -0.3 is 5.73 Å². The summed E-state index contributed by atoms with van der Waals surface area (Å²) in [5, 5.41) is 0. The van der Waals surface area contributed by atoms with Crippen LogP contribution >= 0.6 is 0 Å². The number of nitrogens with two attached hydrogens (primary N) is 1. The third-order valence-corrected chi connectivity index (χ3v) is 4.77. The van der Waals surface area contributed by atoms with Gasteiger partial charge in [-0.15, -0.1) is 0 Å². The molecule has 2 aliphatic carbocycles. The van der Waals surface area contributed by atoms with E-state index in [0.717, 1.165) is 18.5 Å². The Morgan fingerprint density at radius 2 is 1.62 bits per heavy atom. The Morgan fingerprint density at radius 1 is 1.06 bits per heavy atom. The molecule has 94 valence electrons. The van der Waals surface area contributed by atoms with Crippen molar-refractivity contribution in [1.82, 2.24) is 4.90 Å². The van der Waals surface area contributed by atoms with E-state index < -0.39 is 0 Å². The van der Waals surface area contributed by atoms with Crippen molar-refractivity contribution in [2.24, 2.45) is 11.7 Å². The Balaban J connectivity index is 1.98. The van der Waals surface area contributed by atoms with Gasteiger partial charge in [0, 0.05) is 18.6 Å². The lowest BCUT2D eigenvalue weighted by atomic mass is 9.95. The summed E-state index contributed by atoms with van der Waals surface area (Å²) in [6, 6.07) is 1.52. The molecule has 2 aliphatic rings. The Kier molecular flexibility index (Phi) is 4.66. The topological polar surface area (TPSA) is 29.3 Å². The van der Waals surface area contributed by atoms with Crippen LogP contribution in [0.3, 0.4) is 0 Å². The maximum atomic E-state index is 6.06. The van der Waals surface area contributed by atoms with E-state index in [1.54, 1.807) is 0 Å². The lowest BCUT2D eigenvalue weighted by molar-refractivity contribution is 0.105. The van der Waals surface area contributed by atoms with Crippen molar-refractivity contribution in [3.8, 4) is 0 Å². The predicted molar refractivity (Wildman–Crippen MR) is 69.4 cm³/mol. The third kappa shape index (κ3) is 2.60. The molecule has 2 N–H and O–H groups in total. The molecule has 0 radical (unpaired) electrons. The quantitative estimate of drug-likeness (QED) is 0.778. The lowest BCUT2D eigenvalue weighted by Crippen LogP contribution is -2.49. The molecule has 0 saturated heterocycles. The standard InChI is InChI=1S/C14H28N2/c1-2-16(13-9-5-6-10-13)14(11-15)12-7-3-4-8-12/h12-14H,2-11,15H2,1H3. The molecule has 0 bridgehead atoms. The second-order valence-electron chi connectivity index (χ2n) is 5.62. The van der Waals surface area contributed by atoms with Crippen LogP contribution in [0.2, 0.25) is 0 Å². The monoisotopic (exact) mass is 224 g/mol. The molecule has 2 fully saturated rings. The Morgan fingerprint density at radius 3 is 2.12 bits per heavy atom. The van der Waals surface area contributed by atoms with Gasteiger partial charge in [0.25, 0.3) is 0 Å². The number of rotatable bonds is 5. The van der Waals surface area contributed by atoms with E-state index in [1.807, 2.05) is 0 Å². The van der Waals surface area contributed by atoms with E-state index in [9.17, 15) is 0 Å². The zero-order valence-corrected chi connectivity index (χ0v) is 10.8. The van der Waals surface area contributed by atoms with Crippen LogP contribution in [0.5, 0.6) is 0 Å². The first kappa shape index (κ1) is 12.4. The molecule has 2 nitrogen and oxygen atoms in total. The van der Waals surface area contributed by atoms with Gasteiger partial charge in [0.1, 0.15) is 0 Å². The fraction of sp³-hybridized carbons (Fsp3) is 1.00.